The summed E-state index contributed by atoms with van der Waals surface area (Å²) in [7, 11) is 0. The molecule has 4 heterocycles. The van der Waals surface area contributed by atoms with Crippen LogP contribution in [-0.4, -0.2) is 24.6 Å². The van der Waals surface area contributed by atoms with Crippen molar-refractivity contribution in [2.45, 2.75) is 19.7 Å². The number of nitrogens with zero attached hydrogens (tertiary/aromatic N) is 6. The summed E-state index contributed by atoms with van der Waals surface area (Å²) in [5, 5.41) is 14.0. The van der Waals surface area contributed by atoms with Crippen molar-refractivity contribution in [1.82, 2.24) is 24.6 Å². The van der Waals surface area contributed by atoms with Crippen LogP contribution in [0, 0.1) is 18.3 Å². The van der Waals surface area contributed by atoms with Crippen molar-refractivity contribution >= 4 is 37.4 Å². The van der Waals surface area contributed by atoms with Crippen LogP contribution in [0.25, 0.3) is 37.5 Å². The van der Waals surface area contributed by atoms with Gasteiger partial charge in [0, 0.05) is 10.9 Å². The Morgan fingerprint density at radius 1 is 1.08 bits per heavy atom. The van der Waals surface area contributed by atoms with Crippen LogP contribution in [0.4, 0.5) is 13.2 Å². The Bertz CT molecular complexity index is 1850. The van der Waals surface area contributed by atoms with E-state index in [-0.39, 0.29) is 4.83 Å². The molecule has 0 amide bonds. The number of rotatable bonds is 4. The van der Waals surface area contributed by atoms with Gasteiger partial charge in [-0.05, 0) is 54.4 Å². The Morgan fingerprint density at radius 2 is 1.89 bits per heavy atom. The largest absolute Gasteiger partial charge is 0.489 e. The highest BCUT2D eigenvalue weighted by Gasteiger charge is 2.33. The zero-order chi connectivity index (χ0) is 25.7. The maximum Gasteiger partial charge on any atom is 0.433 e. The van der Waals surface area contributed by atoms with Gasteiger partial charge in [-0.15, -0.1) is 16.4 Å². The van der Waals surface area contributed by atoms with Crippen LogP contribution in [0.5, 0.6) is 5.75 Å². The minimum absolute atomic E-state index is 0.259. The summed E-state index contributed by atoms with van der Waals surface area (Å²) < 4.78 is 47.8. The summed E-state index contributed by atoms with van der Waals surface area (Å²) in [6.07, 6.45) is -3.02. The lowest BCUT2D eigenvalue weighted by atomic mass is 10.1. The molecule has 0 aliphatic heterocycles. The molecule has 0 aliphatic carbocycles. The standard InChI is InChI=1S/C26H15F3N6OS/c1-14-9-19(26(27,28)29)32-25-20(14)21-22(37-25)24-33-23(34-35(24)13-31-21)17-4-2-3-16(10-17)12-36-18-7-5-15(11-30)6-8-18/h2-10,13H,12H2,1H3. The van der Waals surface area contributed by atoms with E-state index in [4.69, 9.17) is 10.00 Å². The first-order chi connectivity index (χ1) is 17.8. The number of aryl methyl sites for hydroxylation is 1. The molecular weight excluding hydrogens is 501 g/mol. The molecule has 37 heavy (non-hydrogen) atoms. The molecule has 0 radical (unpaired) electrons. The second-order valence-electron chi connectivity index (χ2n) is 8.36. The monoisotopic (exact) mass is 516 g/mol. The van der Waals surface area contributed by atoms with Crippen molar-refractivity contribution in [3.05, 3.63) is 83.3 Å². The number of fused-ring (bicyclic) bond motifs is 5. The Balaban J connectivity index is 1.36. The minimum Gasteiger partial charge on any atom is -0.489 e. The predicted octanol–water partition coefficient (Wildman–Crippen LogP) is 6.33. The van der Waals surface area contributed by atoms with Crippen LogP contribution in [0.3, 0.4) is 0 Å². The molecule has 0 spiro atoms. The number of thiophene rings is 1. The maximum absolute atomic E-state index is 13.3. The van der Waals surface area contributed by atoms with Crippen LogP contribution in [0.1, 0.15) is 22.4 Å². The van der Waals surface area contributed by atoms with Crippen molar-refractivity contribution in [2.24, 2.45) is 0 Å². The van der Waals surface area contributed by atoms with Crippen LogP contribution in [0.2, 0.25) is 0 Å². The Kier molecular flexibility index (Phi) is 5.27. The number of hydrogen-bond donors (Lipinski definition) is 0. The van der Waals surface area contributed by atoms with Gasteiger partial charge >= 0.3 is 6.18 Å². The lowest BCUT2D eigenvalue weighted by Crippen LogP contribution is -2.07. The highest BCUT2D eigenvalue weighted by atomic mass is 32.1. The van der Waals surface area contributed by atoms with E-state index in [1.165, 1.54) is 10.8 Å². The molecule has 2 aromatic carbocycles. The number of hydrogen-bond acceptors (Lipinski definition) is 7. The third-order valence-corrected chi connectivity index (χ3v) is 6.90. The van der Waals surface area contributed by atoms with Crippen molar-refractivity contribution in [1.29, 1.82) is 5.26 Å². The number of ether oxygens (including phenoxy) is 1. The maximum atomic E-state index is 13.3. The lowest BCUT2D eigenvalue weighted by molar-refractivity contribution is -0.141. The number of halogens is 3. The van der Waals surface area contributed by atoms with E-state index in [1.54, 1.807) is 31.2 Å². The smallest absolute Gasteiger partial charge is 0.433 e. The van der Waals surface area contributed by atoms with E-state index >= 15 is 0 Å². The highest BCUT2D eigenvalue weighted by Crippen LogP contribution is 2.38. The topological polar surface area (TPSA) is 89.0 Å². The van der Waals surface area contributed by atoms with Crippen molar-refractivity contribution < 1.29 is 17.9 Å². The minimum atomic E-state index is -4.53. The predicted molar refractivity (Wildman–Crippen MR) is 132 cm³/mol. The molecule has 4 aromatic heterocycles. The van der Waals surface area contributed by atoms with Crippen molar-refractivity contribution in [3.8, 4) is 23.2 Å². The first-order valence-corrected chi connectivity index (χ1v) is 11.9. The quantitative estimate of drug-likeness (QED) is 0.272. The lowest BCUT2D eigenvalue weighted by Gasteiger charge is -2.07. The molecule has 11 heteroatoms. The molecule has 0 aliphatic rings. The number of benzene rings is 2. The molecule has 0 fully saturated rings. The fraction of sp³-hybridized carbons (Fsp3) is 0.115. The molecule has 0 saturated heterocycles. The molecule has 6 aromatic rings. The number of alkyl halides is 3. The van der Waals surface area contributed by atoms with Gasteiger partial charge in [-0.1, -0.05) is 18.2 Å². The molecule has 0 atom stereocenters. The van der Waals surface area contributed by atoms with Gasteiger partial charge < -0.3 is 4.74 Å². The van der Waals surface area contributed by atoms with Gasteiger partial charge in [-0.25, -0.2) is 19.5 Å². The normalized spacial score (nSPS) is 11.9. The van der Waals surface area contributed by atoms with Gasteiger partial charge in [-0.3, -0.25) is 0 Å². The van der Waals surface area contributed by atoms with Gasteiger partial charge in [0.25, 0.3) is 0 Å². The second kappa shape index (κ2) is 8.53. The SMILES string of the molecule is Cc1cc(C(F)(F)F)nc2sc3c(ncn4nc(-c5cccc(COc6ccc(C#N)cc6)c5)nc34)c12. The van der Waals surface area contributed by atoms with E-state index in [1.807, 2.05) is 24.3 Å². The number of pyridine rings is 1. The van der Waals surface area contributed by atoms with Gasteiger partial charge in [-0.2, -0.15) is 18.4 Å². The molecule has 0 bridgehead atoms. The Morgan fingerprint density at radius 3 is 2.65 bits per heavy atom. The third kappa shape index (κ3) is 4.11. The van der Waals surface area contributed by atoms with Crippen LogP contribution >= 0.6 is 11.3 Å². The fourth-order valence-electron chi connectivity index (χ4n) is 4.07. The molecular formula is C26H15F3N6OS. The summed E-state index contributed by atoms with van der Waals surface area (Å²) in [5.41, 5.74) is 2.78. The first-order valence-electron chi connectivity index (χ1n) is 11.0. The molecule has 7 nitrogen and oxygen atoms in total. The average Bonchev–Trinajstić information content (AvgIpc) is 3.49. The van der Waals surface area contributed by atoms with Crippen LogP contribution < -0.4 is 4.74 Å². The van der Waals surface area contributed by atoms with E-state index in [9.17, 15) is 13.2 Å². The zero-order valence-electron chi connectivity index (χ0n) is 19.1. The third-order valence-electron chi connectivity index (χ3n) is 5.83. The summed E-state index contributed by atoms with van der Waals surface area (Å²) in [5.74, 6) is 1.10. The fourth-order valence-corrected chi connectivity index (χ4v) is 5.25. The van der Waals surface area contributed by atoms with Crippen LogP contribution in [-0.2, 0) is 12.8 Å². The van der Waals surface area contributed by atoms with E-state index in [0.717, 1.165) is 28.5 Å². The molecule has 182 valence electrons. The van der Waals surface area contributed by atoms with E-state index in [2.05, 4.69) is 26.1 Å². The van der Waals surface area contributed by atoms with E-state index < -0.39 is 11.9 Å². The number of nitriles is 1. The van der Waals surface area contributed by atoms with Crippen molar-refractivity contribution in [3.63, 3.8) is 0 Å². The summed E-state index contributed by atoms with van der Waals surface area (Å²) >= 11 is 1.12. The molecule has 6 rings (SSSR count). The van der Waals surface area contributed by atoms with Crippen LogP contribution in [0.15, 0.2) is 60.9 Å². The second-order valence-corrected chi connectivity index (χ2v) is 9.35. The van der Waals surface area contributed by atoms with Gasteiger partial charge in [0.05, 0.1) is 17.1 Å². The molecule has 0 saturated carbocycles. The van der Waals surface area contributed by atoms with Gasteiger partial charge in [0.15, 0.2) is 11.5 Å². The van der Waals surface area contributed by atoms with E-state index in [0.29, 0.717) is 50.6 Å². The number of aromatic nitrogens is 5. The summed E-state index contributed by atoms with van der Waals surface area (Å²) in [4.78, 5) is 13.3. The molecule has 0 N–H and O–H groups in total. The molecule has 0 unspecified atom stereocenters. The Labute approximate surface area is 211 Å². The van der Waals surface area contributed by atoms with Crippen molar-refractivity contribution in [2.75, 3.05) is 0 Å². The summed E-state index contributed by atoms with van der Waals surface area (Å²) in [6.45, 7) is 1.93. The Hall–Kier alpha value is -4.56. The van der Waals surface area contributed by atoms with Gasteiger partial charge in [0.1, 0.15) is 33.9 Å². The first kappa shape index (κ1) is 22.9. The average molecular weight is 517 g/mol. The summed E-state index contributed by atoms with van der Waals surface area (Å²) in [6, 6.07) is 17.5. The highest BCUT2D eigenvalue weighted by molar-refractivity contribution is 7.26. The van der Waals surface area contributed by atoms with Gasteiger partial charge in [0.2, 0.25) is 0 Å². The zero-order valence-corrected chi connectivity index (χ0v) is 19.9.